The molecule has 0 fully saturated rings. The topological polar surface area (TPSA) is 73.9 Å². The molecule has 1 atom stereocenters. The average molecular weight is 376 g/mol. The molecule has 3 aromatic rings. The van der Waals surface area contributed by atoms with Gasteiger partial charge in [-0.05, 0) is 72.0 Å². The van der Waals surface area contributed by atoms with Gasteiger partial charge in [0, 0.05) is 4.90 Å². The van der Waals surface area contributed by atoms with Gasteiger partial charge in [-0.25, -0.2) is 0 Å². The normalized spacial score (nSPS) is 12.4. The Hall–Kier alpha value is -2.98. The van der Waals surface area contributed by atoms with Crippen LogP contribution in [0.5, 0.6) is 5.75 Å². The van der Waals surface area contributed by atoms with Crippen LogP contribution in [0.2, 0.25) is 0 Å². The Morgan fingerprint density at radius 3 is 1.85 bits per heavy atom. The summed E-state index contributed by atoms with van der Waals surface area (Å²) >= 11 is 1.13. The Balaban J connectivity index is 1.95. The van der Waals surface area contributed by atoms with Crippen molar-refractivity contribution < 1.29 is 9.09 Å². The summed E-state index contributed by atoms with van der Waals surface area (Å²) in [7, 11) is 0. The lowest BCUT2D eigenvalue weighted by Gasteiger charge is -2.19. The monoisotopic (exact) mass is 376 g/mol. The lowest BCUT2D eigenvalue weighted by molar-refractivity contribution is 0.509. The standard InChI is InChI=1S/C20H13N2O2PS/c21-14-16-6-10-18(11-7-16)24-25(23,19-4-2-1-3-5-19)26-20-12-8-17(15-22)9-13-20/h1-13H. The van der Waals surface area contributed by atoms with Gasteiger partial charge >= 0.3 is 6.57 Å². The Bertz CT molecular complexity index is 957. The van der Waals surface area contributed by atoms with E-state index >= 15 is 0 Å². The van der Waals surface area contributed by atoms with Crippen molar-refractivity contribution in [3.63, 3.8) is 0 Å². The molecule has 0 saturated heterocycles. The van der Waals surface area contributed by atoms with Crippen LogP contribution in [0.1, 0.15) is 11.1 Å². The van der Waals surface area contributed by atoms with E-state index in [-0.39, 0.29) is 0 Å². The summed E-state index contributed by atoms with van der Waals surface area (Å²) in [5.74, 6) is 0.428. The lowest BCUT2D eigenvalue weighted by atomic mass is 10.2. The van der Waals surface area contributed by atoms with E-state index in [1.165, 1.54) is 0 Å². The molecule has 0 spiro atoms. The molecule has 0 amide bonds. The van der Waals surface area contributed by atoms with Crippen LogP contribution < -0.4 is 9.83 Å². The molecular weight excluding hydrogens is 363 g/mol. The van der Waals surface area contributed by atoms with Crippen molar-refractivity contribution in [1.82, 2.24) is 0 Å². The van der Waals surface area contributed by atoms with Crippen molar-refractivity contribution in [2.24, 2.45) is 0 Å². The zero-order valence-corrected chi connectivity index (χ0v) is 15.3. The number of hydrogen-bond acceptors (Lipinski definition) is 5. The molecule has 3 aromatic carbocycles. The third-order valence-corrected chi connectivity index (χ3v) is 7.81. The summed E-state index contributed by atoms with van der Waals surface area (Å²) in [5.41, 5.74) is 1.04. The van der Waals surface area contributed by atoms with Gasteiger partial charge in [0.15, 0.2) is 0 Å². The zero-order valence-electron chi connectivity index (χ0n) is 13.6. The predicted molar refractivity (Wildman–Crippen MR) is 102 cm³/mol. The third kappa shape index (κ3) is 4.16. The number of rotatable bonds is 5. The van der Waals surface area contributed by atoms with Gasteiger partial charge in [-0.3, -0.25) is 4.57 Å². The molecule has 4 nitrogen and oxygen atoms in total. The van der Waals surface area contributed by atoms with Crippen LogP contribution >= 0.6 is 18.0 Å². The molecule has 0 heterocycles. The summed E-state index contributed by atoms with van der Waals surface area (Å²) in [4.78, 5) is 0.741. The van der Waals surface area contributed by atoms with E-state index < -0.39 is 6.57 Å². The fourth-order valence-electron chi connectivity index (χ4n) is 2.19. The first kappa shape index (κ1) is 17.8. The van der Waals surface area contributed by atoms with E-state index in [4.69, 9.17) is 15.0 Å². The maximum atomic E-state index is 13.7. The maximum Gasteiger partial charge on any atom is 0.337 e. The van der Waals surface area contributed by atoms with Crippen molar-refractivity contribution in [3.8, 4) is 17.9 Å². The van der Waals surface area contributed by atoms with E-state index in [1.54, 1.807) is 60.7 Å². The molecule has 126 valence electrons. The van der Waals surface area contributed by atoms with E-state index in [0.29, 0.717) is 22.2 Å². The minimum absolute atomic E-state index is 0.428. The van der Waals surface area contributed by atoms with Gasteiger partial charge in [-0.15, -0.1) is 0 Å². The molecule has 0 saturated carbocycles. The first-order valence-electron chi connectivity index (χ1n) is 7.68. The molecule has 6 heteroatoms. The van der Waals surface area contributed by atoms with Crippen LogP contribution in [0, 0.1) is 22.7 Å². The second kappa shape index (κ2) is 7.93. The molecule has 26 heavy (non-hydrogen) atoms. The maximum absolute atomic E-state index is 13.7. The van der Waals surface area contributed by atoms with Crippen molar-refractivity contribution in [2.75, 3.05) is 0 Å². The first-order chi connectivity index (χ1) is 12.6. The summed E-state index contributed by atoms with van der Waals surface area (Å²) in [6.07, 6.45) is 0. The highest BCUT2D eigenvalue weighted by Crippen LogP contribution is 2.61. The van der Waals surface area contributed by atoms with E-state index in [2.05, 4.69) is 6.07 Å². The van der Waals surface area contributed by atoms with Crippen LogP contribution in [0.3, 0.4) is 0 Å². The lowest BCUT2D eigenvalue weighted by Crippen LogP contribution is -2.06. The van der Waals surface area contributed by atoms with Gasteiger partial charge in [0.2, 0.25) is 0 Å². The van der Waals surface area contributed by atoms with E-state index in [1.807, 2.05) is 24.3 Å². The van der Waals surface area contributed by atoms with Crippen LogP contribution in [0.15, 0.2) is 83.8 Å². The number of nitriles is 2. The fourth-order valence-corrected chi connectivity index (χ4v) is 6.16. The molecule has 0 aliphatic heterocycles. The van der Waals surface area contributed by atoms with Crippen molar-refractivity contribution in [2.45, 2.75) is 4.90 Å². The second-order valence-electron chi connectivity index (χ2n) is 5.29. The van der Waals surface area contributed by atoms with Crippen molar-refractivity contribution in [3.05, 3.63) is 90.0 Å². The molecular formula is C20H13N2O2PS. The quantitative estimate of drug-likeness (QED) is 0.578. The first-order valence-corrected chi connectivity index (χ1v) is 10.7. The van der Waals surface area contributed by atoms with Crippen LogP contribution in [-0.2, 0) is 4.57 Å². The van der Waals surface area contributed by atoms with Gasteiger partial charge in [0.25, 0.3) is 0 Å². The molecule has 0 aliphatic carbocycles. The zero-order chi connectivity index (χ0) is 18.4. The fraction of sp³-hybridized carbons (Fsp3) is 0. The van der Waals surface area contributed by atoms with Gasteiger partial charge in [-0.1, -0.05) is 18.2 Å². The largest absolute Gasteiger partial charge is 0.433 e. The smallest absolute Gasteiger partial charge is 0.337 e. The highest BCUT2D eigenvalue weighted by Gasteiger charge is 2.29. The Kier molecular flexibility index (Phi) is 5.44. The molecule has 0 bridgehead atoms. The van der Waals surface area contributed by atoms with Crippen LogP contribution in [0.4, 0.5) is 0 Å². The van der Waals surface area contributed by atoms with Crippen molar-refractivity contribution >= 4 is 23.3 Å². The summed E-state index contributed by atoms with van der Waals surface area (Å²) in [6, 6.07) is 26.5. The van der Waals surface area contributed by atoms with Gasteiger partial charge in [0.1, 0.15) is 5.75 Å². The van der Waals surface area contributed by atoms with Gasteiger partial charge < -0.3 is 4.52 Å². The molecule has 1 unspecified atom stereocenters. The molecule has 0 aromatic heterocycles. The summed E-state index contributed by atoms with van der Waals surface area (Å²) < 4.78 is 19.6. The summed E-state index contributed by atoms with van der Waals surface area (Å²) in [6.45, 7) is -3.31. The van der Waals surface area contributed by atoms with Gasteiger partial charge in [-0.2, -0.15) is 10.5 Å². The number of hydrogen-bond donors (Lipinski definition) is 0. The second-order valence-corrected chi connectivity index (χ2v) is 9.63. The van der Waals surface area contributed by atoms with Crippen molar-refractivity contribution in [1.29, 1.82) is 10.5 Å². The van der Waals surface area contributed by atoms with Gasteiger partial charge in [0.05, 0.1) is 28.6 Å². The third-order valence-electron chi connectivity index (χ3n) is 3.49. The Morgan fingerprint density at radius 2 is 1.31 bits per heavy atom. The van der Waals surface area contributed by atoms with Crippen LogP contribution in [0.25, 0.3) is 0 Å². The predicted octanol–water partition coefficient (Wildman–Crippen LogP) is 5.12. The van der Waals surface area contributed by atoms with E-state index in [9.17, 15) is 4.57 Å². The Morgan fingerprint density at radius 1 is 0.769 bits per heavy atom. The number of nitrogens with zero attached hydrogens (tertiary/aromatic N) is 2. The highest BCUT2D eigenvalue weighted by molar-refractivity contribution is 8.58. The van der Waals surface area contributed by atoms with Crippen LogP contribution in [-0.4, -0.2) is 0 Å². The molecule has 0 N–H and O–H groups in total. The molecule has 0 radical (unpaired) electrons. The SMILES string of the molecule is N#Cc1ccc(OP(=O)(Sc2ccc(C#N)cc2)c2ccccc2)cc1. The average Bonchev–Trinajstić information content (AvgIpc) is 2.70. The molecule has 3 rings (SSSR count). The van der Waals surface area contributed by atoms with E-state index in [0.717, 1.165) is 16.3 Å². The minimum Gasteiger partial charge on any atom is -0.433 e. The Labute approximate surface area is 155 Å². The highest BCUT2D eigenvalue weighted by atomic mass is 32.7. The number of benzene rings is 3. The molecule has 0 aliphatic rings. The summed E-state index contributed by atoms with van der Waals surface area (Å²) in [5, 5.41) is 18.4. The minimum atomic E-state index is -3.31.